The number of hydrogen-bond donors (Lipinski definition) is 0. The van der Waals surface area contributed by atoms with Gasteiger partial charge in [-0.1, -0.05) is 0 Å². The third kappa shape index (κ3) is 2.91. The van der Waals surface area contributed by atoms with E-state index < -0.39 is 12.0 Å². The first-order valence-corrected chi connectivity index (χ1v) is 8.05. The molecule has 0 radical (unpaired) electrons. The number of hydrogen-bond acceptors (Lipinski definition) is 5. The smallest absolute Gasteiger partial charge is 0.453 e. The number of fused-ring (bicyclic) bond motifs is 1. The largest absolute Gasteiger partial charge is 0.459 e. The minimum absolute atomic E-state index is 0.107. The van der Waals surface area contributed by atoms with Gasteiger partial charge < -0.3 is 9.32 Å². The molecule has 1 unspecified atom stereocenters. The SMILES string of the molecule is O=C(c1ccco1)N1CCCC(c2ccnc3nc(C(F)(F)F)nn23)C1. The van der Waals surface area contributed by atoms with Crippen molar-refractivity contribution in [1.29, 1.82) is 0 Å². The van der Waals surface area contributed by atoms with Crippen molar-refractivity contribution >= 4 is 11.7 Å². The molecule has 26 heavy (non-hydrogen) atoms. The summed E-state index contributed by atoms with van der Waals surface area (Å²) in [6, 6.07) is 4.84. The molecule has 7 nitrogen and oxygen atoms in total. The molecular formula is C16H14F3N5O2. The van der Waals surface area contributed by atoms with E-state index in [1.807, 2.05) is 0 Å². The van der Waals surface area contributed by atoms with Crippen LogP contribution in [0.25, 0.3) is 5.78 Å². The minimum atomic E-state index is -4.64. The molecule has 136 valence electrons. The van der Waals surface area contributed by atoms with E-state index in [0.29, 0.717) is 18.8 Å². The molecule has 4 heterocycles. The molecule has 0 bridgehead atoms. The first-order chi connectivity index (χ1) is 12.4. The van der Waals surface area contributed by atoms with Crippen molar-refractivity contribution in [1.82, 2.24) is 24.5 Å². The Kier molecular flexibility index (Phi) is 3.89. The zero-order valence-electron chi connectivity index (χ0n) is 13.5. The van der Waals surface area contributed by atoms with Crippen LogP contribution in [0.15, 0.2) is 35.1 Å². The fraction of sp³-hybridized carbons (Fsp3) is 0.375. The molecule has 0 N–H and O–H groups in total. The Morgan fingerprint density at radius 2 is 2.15 bits per heavy atom. The number of amides is 1. The number of piperidine rings is 1. The van der Waals surface area contributed by atoms with Crippen molar-refractivity contribution in [2.75, 3.05) is 13.1 Å². The first kappa shape index (κ1) is 16.6. The van der Waals surface area contributed by atoms with Gasteiger partial charge in [0, 0.05) is 25.2 Å². The molecule has 0 saturated carbocycles. The summed E-state index contributed by atoms with van der Waals surface area (Å²) in [4.78, 5) is 21.4. The van der Waals surface area contributed by atoms with Gasteiger partial charge in [0.15, 0.2) is 5.76 Å². The molecular weight excluding hydrogens is 351 g/mol. The fourth-order valence-corrected chi connectivity index (χ4v) is 3.20. The molecule has 3 aromatic rings. The minimum Gasteiger partial charge on any atom is -0.459 e. The van der Waals surface area contributed by atoms with Crippen LogP contribution in [0.1, 0.15) is 40.8 Å². The molecule has 1 amide bonds. The topological polar surface area (TPSA) is 76.5 Å². The van der Waals surface area contributed by atoms with Gasteiger partial charge in [0.05, 0.1) is 12.0 Å². The summed E-state index contributed by atoms with van der Waals surface area (Å²) < 4.78 is 45.0. The molecule has 4 rings (SSSR count). The lowest BCUT2D eigenvalue weighted by Crippen LogP contribution is -2.39. The number of likely N-dealkylation sites (tertiary alicyclic amines) is 1. The summed E-state index contributed by atoms with van der Waals surface area (Å²) in [6.45, 7) is 0.926. The van der Waals surface area contributed by atoms with Gasteiger partial charge in [-0.2, -0.15) is 18.2 Å². The second kappa shape index (κ2) is 6.11. The standard InChI is InChI=1S/C16H14F3N5O2/c17-16(18,19)14-21-15-20-6-5-11(24(15)22-14)10-3-1-7-23(9-10)13(25)12-4-2-8-26-12/h2,4-6,8,10H,1,3,7,9H2. The fourth-order valence-electron chi connectivity index (χ4n) is 3.20. The Hall–Kier alpha value is -2.91. The number of carbonyl (C=O) groups excluding carboxylic acids is 1. The molecule has 1 saturated heterocycles. The van der Waals surface area contributed by atoms with Crippen LogP contribution in [0.5, 0.6) is 0 Å². The first-order valence-electron chi connectivity index (χ1n) is 8.05. The van der Waals surface area contributed by atoms with E-state index in [1.54, 1.807) is 23.1 Å². The number of nitrogens with zero attached hydrogens (tertiary/aromatic N) is 5. The molecule has 1 fully saturated rings. The summed E-state index contributed by atoms with van der Waals surface area (Å²) in [5, 5.41) is 3.58. The molecule has 1 atom stereocenters. The summed E-state index contributed by atoms with van der Waals surface area (Å²) >= 11 is 0. The van der Waals surface area contributed by atoms with E-state index >= 15 is 0 Å². The molecule has 10 heteroatoms. The van der Waals surface area contributed by atoms with Crippen LogP contribution in [0.3, 0.4) is 0 Å². The highest BCUT2D eigenvalue weighted by Crippen LogP contribution is 2.30. The number of aromatic nitrogens is 4. The van der Waals surface area contributed by atoms with Gasteiger partial charge in [-0.25, -0.2) is 9.50 Å². The Morgan fingerprint density at radius 1 is 1.31 bits per heavy atom. The zero-order valence-corrected chi connectivity index (χ0v) is 13.5. The van der Waals surface area contributed by atoms with Gasteiger partial charge in [0.2, 0.25) is 0 Å². The highest BCUT2D eigenvalue weighted by atomic mass is 19.4. The van der Waals surface area contributed by atoms with Crippen LogP contribution in [0, 0.1) is 0 Å². The Morgan fingerprint density at radius 3 is 2.88 bits per heavy atom. The lowest BCUT2D eigenvalue weighted by molar-refractivity contribution is -0.144. The Bertz CT molecular complexity index is 935. The van der Waals surface area contributed by atoms with Gasteiger partial charge in [0.25, 0.3) is 17.5 Å². The maximum absolute atomic E-state index is 12.9. The predicted octanol–water partition coefficient (Wildman–Crippen LogP) is 2.76. The number of carbonyl (C=O) groups is 1. The molecule has 1 aliphatic heterocycles. The average molecular weight is 365 g/mol. The normalized spacial score (nSPS) is 18.4. The van der Waals surface area contributed by atoms with Gasteiger partial charge >= 0.3 is 6.18 Å². The highest BCUT2D eigenvalue weighted by Gasteiger charge is 2.37. The maximum atomic E-state index is 12.9. The Balaban J connectivity index is 1.64. The van der Waals surface area contributed by atoms with Crippen molar-refractivity contribution < 1.29 is 22.4 Å². The summed E-state index contributed by atoms with van der Waals surface area (Å²) in [5.74, 6) is -1.50. The van der Waals surface area contributed by atoms with Crippen LogP contribution >= 0.6 is 0 Å². The summed E-state index contributed by atoms with van der Waals surface area (Å²) in [6.07, 6.45) is -0.356. The molecule has 0 spiro atoms. The van der Waals surface area contributed by atoms with Crippen molar-refractivity contribution in [2.24, 2.45) is 0 Å². The maximum Gasteiger partial charge on any atom is 0.453 e. The van der Waals surface area contributed by atoms with Crippen LogP contribution in [-0.4, -0.2) is 43.5 Å². The van der Waals surface area contributed by atoms with E-state index in [1.165, 1.54) is 12.5 Å². The number of rotatable bonds is 2. The van der Waals surface area contributed by atoms with E-state index in [9.17, 15) is 18.0 Å². The van der Waals surface area contributed by atoms with E-state index in [0.717, 1.165) is 17.4 Å². The van der Waals surface area contributed by atoms with Crippen molar-refractivity contribution in [3.63, 3.8) is 0 Å². The van der Waals surface area contributed by atoms with Crippen LogP contribution < -0.4 is 0 Å². The van der Waals surface area contributed by atoms with Crippen LogP contribution in [-0.2, 0) is 6.18 Å². The van der Waals surface area contributed by atoms with Crippen molar-refractivity contribution in [2.45, 2.75) is 24.9 Å². The second-order valence-electron chi connectivity index (χ2n) is 6.08. The lowest BCUT2D eigenvalue weighted by Gasteiger charge is -2.32. The van der Waals surface area contributed by atoms with Crippen molar-refractivity contribution in [3.8, 4) is 0 Å². The number of furan rings is 1. The predicted molar refractivity (Wildman–Crippen MR) is 82.4 cm³/mol. The lowest BCUT2D eigenvalue weighted by atomic mass is 9.94. The Labute approximate surface area is 145 Å². The molecule has 0 aliphatic carbocycles. The highest BCUT2D eigenvalue weighted by molar-refractivity contribution is 5.91. The average Bonchev–Trinajstić information content (AvgIpc) is 3.30. The van der Waals surface area contributed by atoms with Gasteiger partial charge in [0.1, 0.15) is 0 Å². The molecule has 1 aliphatic rings. The number of halogens is 3. The van der Waals surface area contributed by atoms with Crippen LogP contribution in [0.4, 0.5) is 13.2 Å². The monoisotopic (exact) mass is 365 g/mol. The van der Waals surface area contributed by atoms with Gasteiger partial charge in [-0.3, -0.25) is 4.79 Å². The quantitative estimate of drug-likeness (QED) is 0.698. The third-order valence-corrected chi connectivity index (χ3v) is 4.38. The van der Waals surface area contributed by atoms with E-state index in [-0.39, 0.29) is 23.4 Å². The third-order valence-electron chi connectivity index (χ3n) is 4.38. The molecule has 3 aromatic heterocycles. The van der Waals surface area contributed by atoms with Crippen molar-refractivity contribution in [3.05, 3.63) is 47.9 Å². The van der Waals surface area contributed by atoms with E-state index in [4.69, 9.17) is 4.42 Å². The second-order valence-corrected chi connectivity index (χ2v) is 6.08. The zero-order chi connectivity index (χ0) is 18.3. The summed E-state index contributed by atoms with van der Waals surface area (Å²) in [5.41, 5.74) is 0.551. The number of alkyl halides is 3. The summed E-state index contributed by atoms with van der Waals surface area (Å²) in [7, 11) is 0. The van der Waals surface area contributed by atoms with Crippen LogP contribution in [0.2, 0.25) is 0 Å². The van der Waals surface area contributed by atoms with Gasteiger partial charge in [-0.05, 0) is 31.0 Å². The molecule has 0 aromatic carbocycles. The van der Waals surface area contributed by atoms with E-state index in [2.05, 4.69) is 15.1 Å². The van der Waals surface area contributed by atoms with Gasteiger partial charge in [-0.15, -0.1) is 5.10 Å².